The molecule has 0 aliphatic rings. The minimum Gasteiger partial charge on any atom is -0.469 e. The van der Waals surface area contributed by atoms with Crippen molar-refractivity contribution in [1.82, 2.24) is 15.2 Å². The first-order valence-electron chi connectivity index (χ1n) is 14.6. The van der Waals surface area contributed by atoms with E-state index in [1.807, 2.05) is 71.6 Å². The second-order valence-electron chi connectivity index (χ2n) is 10.7. The first-order valence-corrected chi connectivity index (χ1v) is 14.6. The number of rotatable bonds is 11. The maximum Gasteiger partial charge on any atom is 0.416 e. The van der Waals surface area contributed by atoms with Crippen molar-refractivity contribution >= 4 is 11.9 Å². The molecule has 0 saturated heterocycles. The molecule has 0 saturated carbocycles. The van der Waals surface area contributed by atoms with Crippen molar-refractivity contribution in [2.24, 2.45) is 0 Å². The van der Waals surface area contributed by atoms with Crippen molar-refractivity contribution in [3.63, 3.8) is 0 Å². The monoisotopic (exact) mass is 623 g/mol. The van der Waals surface area contributed by atoms with Crippen LogP contribution in [-0.4, -0.2) is 35.0 Å². The number of hydrogen-bond acceptors (Lipinski definition) is 5. The third-order valence-electron chi connectivity index (χ3n) is 7.60. The Morgan fingerprint density at radius 2 is 1.22 bits per heavy atom. The van der Waals surface area contributed by atoms with E-state index >= 15 is 0 Å². The smallest absolute Gasteiger partial charge is 0.416 e. The number of pyridine rings is 1. The molecule has 1 N–H and O–H groups in total. The molecule has 1 atom stereocenters. The van der Waals surface area contributed by atoms with Crippen molar-refractivity contribution in [2.45, 2.75) is 31.9 Å². The summed E-state index contributed by atoms with van der Waals surface area (Å²) < 4.78 is 43.9. The zero-order chi connectivity index (χ0) is 32.5. The van der Waals surface area contributed by atoms with E-state index in [1.165, 1.54) is 19.2 Å². The number of carbonyl (C=O) groups excluding carboxylic acids is 2. The minimum absolute atomic E-state index is 0.0982. The zero-order valence-corrected chi connectivity index (χ0v) is 25.1. The second kappa shape index (κ2) is 14.7. The van der Waals surface area contributed by atoms with Crippen molar-refractivity contribution in [1.29, 1.82) is 0 Å². The van der Waals surface area contributed by atoms with Crippen LogP contribution < -0.4 is 5.32 Å². The number of nitrogens with zero attached hydrogens (tertiary/aromatic N) is 2. The summed E-state index contributed by atoms with van der Waals surface area (Å²) >= 11 is 0. The molecule has 0 radical (unpaired) electrons. The molecule has 234 valence electrons. The van der Waals surface area contributed by atoms with Crippen LogP contribution >= 0.6 is 0 Å². The SMILES string of the molecule is COC(=O)CC(NC(=O)c1ccc(-c2ccc(C(F)(F)F)cc2)cc1)N(Cc1ccncc1)Cc1ccc(-c2ccccc2)cc1. The van der Waals surface area contributed by atoms with Crippen molar-refractivity contribution in [2.75, 3.05) is 7.11 Å². The number of methoxy groups -OCH3 is 1. The number of aromatic nitrogens is 1. The van der Waals surface area contributed by atoms with E-state index in [1.54, 1.807) is 36.7 Å². The number of carbonyl (C=O) groups is 2. The van der Waals surface area contributed by atoms with Gasteiger partial charge in [0.1, 0.15) is 0 Å². The van der Waals surface area contributed by atoms with Gasteiger partial charge in [-0.15, -0.1) is 0 Å². The lowest BCUT2D eigenvalue weighted by atomic mass is 10.0. The van der Waals surface area contributed by atoms with E-state index in [2.05, 4.69) is 10.3 Å². The van der Waals surface area contributed by atoms with Gasteiger partial charge in [-0.25, -0.2) is 0 Å². The van der Waals surface area contributed by atoms with Crippen LogP contribution in [0.1, 0.15) is 33.5 Å². The van der Waals surface area contributed by atoms with Gasteiger partial charge in [0.05, 0.1) is 25.3 Å². The quantitative estimate of drug-likeness (QED) is 0.120. The predicted octanol–water partition coefficient (Wildman–Crippen LogP) is 7.76. The topological polar surface area (TPSA) is 71.5 Å². The van der Waals surface area contributed by atoms with Crippen LogP contribution in [-0.2, 0) is 28.8 Å². The van der Waals surface area contributed by atoms with Gasteiger partial charge >= 0.3 is 12.1 Å². The number of amides is 1. The Morgan fingerprint density at radius 3 is 1.76 bits per heavy atom. The molecule has 9 heteroatoms. The second-order valence-corrected chi connectivity index (χ2v) is 10.7. The lowest BCUT2D eigenvalue weighted by Gasteiger charge is -2.32. The van der Waals surface area contributed by atoms with Crippen molar-refractivity contribution < 1.29 is 27.5 Å². The summed E-state index contributed by atoms with van der Waals surface area (Å²) in [6, 6.07) is 33.3. The van der Waals surface area contributed by atoms with Crippen LogP contribution in [0.15, 0.2) is 128 Å². The third-order valence-corrected chi connectivity index (χ3v) is 7.60. The van der Waals surface area contributed by atoms with Crippen LogP contribution in [0.5, 0.6) is 0 Å². The zero-order valence-electron chi connectivity index (χ0n) is 25.1. The minimum atomic E-state index is -4.42. The molecule has 0 fully saturated rings. The summed E-state index contributed by atoms with van der Waals surface area (Å²) in [6.45, 7) is 0.837. The molecule has 46 heavy (non-hydrogen) atoms. The molecule has 1 aromatic heterocycles. The van der Waals surface area contributed by atoms with Gasteiger partial charge in [0.25, 0.3) is 5.91 Å². The van der Waals surface area contributed by atoms with E-state index < -0.39 is 29.8 Å². The highest BCUT2D eigenvalue weighted by Crippen LogP contribution is 2.31. The number of halogens is 3. The average molecular weight is 624 g/mol. The number of hydrogen-bond donors (Lipinski definition) is 1. The number of nitrogens with one attached hydrogen (secondary N) is 1. The highest BCUT2D eigenvalue weighted by Gasteiger charge is 2.30. The van der Waals surface area contributed by atoms with Crippen LogP contribution in [0.25, 0.3) is 22.3 Å². The van der Waals surface area contributed by atoms with Crippen LogP contribution in [0.4, 0.5) is 13.2 Å². The first kappa shape index (κ1) is 32.1. The average Bonchev–Trinajstić information content (AvgIpc) is 3.08. The normalized spacial score (nSPS) is 12.0. The Hall–Kier alpha value is -5.28. The molecule has 4 aromatic carbocycles. The van der Waals surface area contributed by atoms with Crippen LogP contribution in [0, 0.1) is 0 Å². The van der Waals surface area contributed by atoms with Gasteiger partial charge < -0.3 is 10.1 Å². The van der Waals surface area contributed by atoms with E-state index in [0.29, 0.717) is 29.8 Å². The Bertz CT molecular complexity index is 1730. The van der Waals surface area contributed by atoms with E-state index in [9.17, 15) is 22.8 Å². The van der Waals surface area contributed by atoms with Gasteiger partial charge in [-0.2, -0.15) is 13.2 Å². The van der Waals surface area contributed by atoms with Crippen molar-refractivity contribution in [3.8, 4) is 22.3 Å². The van der Waals surface area contributed by atoms with Crippen LogP contribution in [0.3, 0.4) is 0 Å². The molecule has 1 unspecified atom stereocenters. The Morgan fingerprint density at radius 1 is 0.717 bits per heavy atom. The van der Waals surface area contributed by atoms with Gasteiger partial charge in [0, 0.05) is 31.0 Å². The molecule has 0 spiro atoms. The summed E-state index contributed by atoms with van der Waals surface area (Å²) in [5, 5.41) is 3.01. The summed E-state index contributed by atoms with van der Waals surface area (Å²) in [5.74, 6) is -0.894. The molecule has 1 amide bonds. The first-order chi connectivity index (χ1) is 22.2. The summed E-state index contributed by atoms with van der Waals surface area (Å²) in [6.07, 6.45) is -1.86. The maximum absolute atomic E-state index is 13.5. The van der Waals surface area contributed by atoms with E-state index in [-0.39, 0.29) is 6.42 Å². The molecule has 5 rings (SSSR count). The van der Waals surface area contributed by atoms with E-state index in [0.717, 1.165) is 34.4 Å². The fraction of sp³-hybridized carbons (Fsp3) is 0.162. The summed E-state index contributed by atoms with van der Waals surface area (Å²) in [4.78, 5) is 32.2. The number of benzene rings is 4. The molecule has 0 aliphatic heterocycles. The molecule has 0 aliphatic carbocycles. The lowest BCUT2D eigenvalue weighted by molar-refractivity contribution is -0.142. The standard InChI is InChI=1S/C37H32F3N3O3/c1-46-35(44)23-34(42-36(45)32-13-11-30(12-14-32)31-15-17-33(18-16-31)37(38,39)40)43(25-27-19-21-41-22-20-27)24-26-7-9-29(10-8-26)28-5-3-2-4-6-28/h2-22,34H,23-25H2,1H3,(H,42,45). The Balaban J connectivity index is 1.37. The number of alkyl halides is 3. The van der Waals surface area contributed by atoms with E-state index in [4.69, 9.17) is 4.74 Å². The molecular formula is C37H32F3N3O3. The van der Waals surface area contributed by atoms with Gasteiger partial charge in [-0.05, 0) is 69.8 Å². The molecular weight excluding hydrogens is 591 g/mol. The highest BCUT2D eigenvalue weighted by molar-refractivity contribution is 5.95. The predicted molar refractivity (Wildman–Crippen MR) is 170 cm³/mol. The molecule has 6 nitrogen and oxygen atoms in total. The fourth-order valence-corrected chi connectivity index (χ4v) is 5.08. The number of esters is 1. The van der Waals surface area contributed by atoms with Gasteiger partial charge in [0.2, 0.25) is 0 Å². The van der Waals surface area contributed by atoms with Gasteiger partial charge in [-0.3, -0.25) is 19.5 Å². The molecule has 1 heterocycles. The van der Waals surface area contributed by atoms with Gasteiger partial charge in [-0.1, -0.05) is 78.9 Å². The molecule has 5 aromatic rings. The summed E-state index contributed by atoms with van der Waals surface area (Å²) in [7, 11) is 1.30. The Kier molecular flexibility index (Phi) is 10.2. The highest BCUT2D eigenvalue weighted by atomic mass is 19.4. The Labute approximate surface area is 265 Å². The maximum atomic E-state index is 13.5. The third kappa shape index (κ3) is 8.46. The summed E-state index contributed by atoms with van der Waals surface area (Å²) in [5.41, 5.74) is 4.96. The van der Waals surface area contributed by atoms with Crippen LogP contribution in [0.2, 0.25) is 0 Å². The molecule has 0 bridgehead atoms. The van der Waals surface area contributed by atoms with Gasteiger partial charge in [0.15, 0.2) is 0 Å². The fourth-order valence-electron chi connectivity index (χ4n) is 5.08. The number of ether oxygens (including phenoxy) is 1. The lowest BCUT2D eigenvalue weighted by Crippen LogP contribution is -2.48. The largest absolute Gasteiger partial charge is 0.469 e. The van der Waals surface area contributed by atoms with Crippen molar-refractivity contribution in [3.05, 3.63) is 150 Å².